The highest BCUT2D eigenvalue weighted by molar-refractivity contribution is 6.24. The Morgan fingerprint density at radius 3 is 2.63 bits per heavy atom. The van der Waals surface area contributed by atoms with Gasteiger partial charge in [0.05, 0.1) is 5.57 Å². The molecule has 27 heavy (non-hydrogen) atoms. The molecule has 0 radical (unpaired) electrons. The molecule has 0 amide bonds. The number of fused-ring (bicyclic) bond motifs is 4. The Labute approximate surface area is 159 Å². The molecule has 3 saturated heterocycles. The van der Waals surface area contributed by atoms with E-state index in [2.05, 4.69) is 22.0 Å². The zero-order valence-electron chi connectivity index (χ0n) is 15.2. The van der Waals surface area contributed by atoms with Crippen molar-refractivity contribution in [2.75, 3.05) is 19.6 Å². The van der Waals surface area contributed by atoms with Crippen molar-refractivity contribution < 1.29 is 9.53 Å². The van der Waals surface area contributed by atoms with Gasteiger partial charge in [-0.25, -0.2) is 4.79 Å². The van der Waals surface area contributed by atoms with E-state index in [1.54, 1.807) is 6.20 Å². The molecule has 2 bridgehead atoms. The lowest BCUT2D eigenvalue weighted by atomic mass is 9.86. The van der Waals surface area contributed by atoms with Crippen molar-refractivity contribution in [2.24, 2.45) is 5.92 Å². The molecule has 0 saturated carbocycles. The molecule has 3 fully saturated rings. The van der Waals surface area contributed by atoms with E-state index >= 15 is 0 Å². The van der Waals surface area contributed by atoms with E-state index in [9.17, 15) is 4.79 Å². The topological polar surface area (TPSA) is 42.4 Å². The van der Waals surface area contributed by atoms with Crippen LogP contribution in [0.25, 0.3) is 17.2 Å². The summed E-state index contributed by atoms with van der Waals surface area (Å²) in [5, 5.41) is 0. The second kappa shape index (κ2) is 6.78. The van der Waals surface area contributed by atoms with Gasteiger partial charge in [-0.3, -0.25) is 9.88 Å². The van der Waals surface area contributed by atoms with E-state index in [1.807, 2.05) is 42.6 Å². The zero-order chi connectivity index (χ0) is 18.2. The van der Waals surface area contributed by atoms with Crippen molar-refractivity contribution >= 4 is 23.2 Å². The second-order valence-electron chi connectivity index (χ2n) is 7.57. The number of hydrogen-bond acceptors (Lipinski definition) is 4. The first kappa shape index (κ1) is 16.5. The smallest absolute Gasteiger partial charge is 0.339 e. The van der Waals surface area contributed by atoms with Crippen LogP contribution in [-0.2, 0) is 9.53 Å². The Morgan fingerprint density at radius 2 is 1.93 bits per heavy atom. The summed E-state index contributed by atoms with van der Waals surface area (Å²) in [5.74, 6) is 0.317. The van der Waals surface area contributed by atoms with E-state index in [4.69, 9.17) is 4.74 Å². The SMILES string of the molecule is O=C(O[C@H]1CN2CCC1CC2)C1=C/C(=C\c2cccnc2)c2ccccc21. The summed E-state index contributed by atoms with van der Waals surface area (Å²) >= 11 is 0. The summed E-state index contributed by atoms with van der Waals surface area (Å²) in [6, 6.07) is 12.0. The largest absolute Gasteiger partial charge is 0.457 e. The summed E-state index contributed by atoms with van der Waals surface area (Å²) in [4.78, 5) is 19.6. The second-order valence-corrected chi connectivity index (χ2v) is 7.57. The van der Waals surface area contributed by atoms with Gasteiger partial charge in [0.2, 0.25) is 0 Å². The van der Waals surface area contributed by atoms with Crippen molar-refractivity contribution in [3.8, 4) is 0 Å². The van der Waals surface area contributed by atoms with Gasteiger partial charge in [0, 0.05) is 18.9 Å². The number of benzene rings is 1. The lowest BCUT2D eigenvalue weighted by Gasteiger charge is -2.43. The van der Waals surface area contributed by atoms with Crippen molar-refractivity contribution in [3.05, 3.63) is 71.6 Å². The van der Waals surface area contributed by atoms with Crippen molar-refractivity contribution in [2.45, 2.75) is 18.9 Å². The van der Waals surface area contributed by atoms with Crippen LogP contribution < -0.4 is 0 Å². The van der Waals surface area contributed by atoms with Crippen LogP contribution in [0.5, 0.6) is 0 Å². The number of hydrogen-bond donors (Lipinski definition) is 0. The van der Waals surface area contributed by atoms with Gasteiger partial charge < -0.3 is 4.74 Å². The number of ether oxygens (including phenoxy) is 1. The van der Waals surface area contributed by atoms with E-state index in [0.29, 0.717) is 11.5 Å². The molecule has 1 aliphatic carbocycles. The van der Waals surface area contributed by atoms with Crippen molar-refractivity contribution in [1.82, 2.24) is 9.88 Å². The molecule has 1 aromatic heterocycles. The van der Waals surface area contributed by atoms with E-state index in [-0.39, 0.29) is 12.1 Å². The minimum Gasteiger partial charge on any atom is -0.457 e. The number of esters is 1. The number of carbonyl (C=O) groups excluding carboxylic acids is 1. The van der Waals surface area contributed by atoms with E-state index in [0.717, 1.165) is 54.7 Å². The monoisotopic (exact) mass is 358 g/mol. The highest BCUT2D eigenvalue weighted by Crippen LogP contribution is 2.38. The predicted octanol–water partition coefficient (Wildman–Crippen LogP) is 3.66. The van der Waals surface area contributed by atoms with E-state index < -0.39 is 0 Å². The predicted molar refractivity (Wildman–Crippen MR) is 106 cm³/mol. The van der Waals surface area contributed by atoms with Crippen molar-refractivity contribution in [1.29, 1.82) is 0 Å². The number of rotatable bonds is 3. The molecule has 4 nitrogen and oxygen atoms in total. The fraction of sp³-hybridized carbons (Fsp3) is 0.304. The van der Waals surface area contributed by atoms with Gasteiger partial charge in [0.25, 0.3) is 0 Å². The third kappa shape index (κ3) is 3.10. The molecule has 1 aromatic carbocycles. The quantitative estimate of drug-likeness (QED) is 0.786. The third-order valence-corrected chi connectivity index (χ3v) is 5.91. The minimum atomic E-state index is -0.198. The molecule has 0 unspecified atom stereocenters. The van der Waals surface area contributed by atoms with Crippen LogP contribution in [0.3, 0.4) is 0 Å². The lowest BCUT2D eigenvalue weighted by molar-refractivity contribution is -0.151. The fourth-order valence-corrected chi connectivity index (χ4v) is 4.46. The van der Waals surface area contributed by atoms with Gasteiger partial charge in [0.1, 0.15) is 6.10 Å². The summed E-state index contributed by atoms with van der Waals surface area (Å²) in [6.07, 6.45) is 9.92. The van der Waals surface area contributed by atoms with Gasteiger partial charge in [-0.05, 0) is 72.3 Å². The lowest BCUT2D eigenvalue weighted by Crippen LogP contribution is -2.51. The van der Waals surface area contributed by atoms with Gasteiger partial charge in [0.15, 0.2) is 0 Å². The summed E-state index contributed by atoms with van der Waals surface area (Å²) in [5.41, 5.74) is 4.74. The first-order valence-electron chi connectivity index (χ1n) is 9.64. The molecule has 0 spiro atoms. The molecule has 136 valence electrons. The molecule has 1 atom stereocenters. The van der Waals surface area contributed by atoms with E-state index in [1.165, 1.54) is 0 Å². The first-order valence-corrected chi connectivity index (χ1v) is 9.64. The third-order valence-electron chi connectivity index (χ3n) is 5.91. The molecule has 3 aliphatic heterocycles. The highest BCUT2D eigenvalue weighted by atomic mass is 16.5. The van der Waals surface area contributed by atoms with Crippen LogP contribution in [-0.4, -0.2) is 41.6 Å². The van der Waals surface area contributed by atoms with Crippen LogP contribution >= 0.6 is 0 Å². The average molecular weight is 358 g/mol. The van der Waals surface area contributed by atoms with Gasteiger partial charge >= 0.3 is 5.97 Å². The Hall–Kier alpha value is -2.72. The van der Waals surface area contributed by atoms with Crippen LogP contribution in [0.4, 0.5) is 0 Å². The van der Waals surface area contributed by atoms with Crippen LogP contribution in [0, 0.1) is 5.92 Å². The molecule has 4 aliphatic rings. The van der Waals surface area contributed by atoms with Crippen molar-refractivity contribution in [3.63, 3.8) is 0 Å². The maximum atomic E-state index is 13.0. The van der Waals surface area contributed by atoms with Gasteiger partial charge in [-0.15, -0.1) is 0 Å². The standard InChI is InChI=1S/C23H22N2O2/c26-23(27-22-15-25-10-7-17(22)8-11-25)21-13-18(12-16-4-3-9-24-14-16)19-5-1-2-6-20(19)21/h1-6,9,12-14,17,22H,7-8,10-11,15H2/b18-12+/t22-/m0/s1. The minimum absolute atomic E-state index is 0.0272. The maximum absolute atomic E-state index is 13.0. The van der Waals surface area contributed by atoms with Crippen LogP contribution in [0.15, 0.2) is 54.9 Å². The van der Waals surface area contributed by atoms with Gasteiger partial charge in [-0.1, -0.05) is 30.3 Å². The Morgan fingerprint density at radius 1 is 1.11 bits per heavy atom. The number of piperidine rings is 3. The average Bonchev–Trinajstić information content (AvgIpc) is 3.08. The zero-order valence-corrected chi connectivity index (χ0v) is 15.2. The number of carbonyl (C=O) groups is 1. The summed E-state index contributed by atoms with van der Waals surface area (Å²) in [6.45, 7) is 3.16. The molecule has 2 aromatic rings. The van der Waals surface area contributed by atoms with Crippen LogP contribution in [0.2, 0.25) is 0 Å². The Balaban J connectivity index is 1.44. The number of pyridine rings is 1. The first-order chi connectivity index (χ1) is 13.3. The Bertz CT molecular complexity index is 924. The molecular weight excluding hydrogens is 336 g/mol. The maximum Gasteiger partial charge on any atom is 0.339 e. The fourth-order valence-electron chi connectivity index (χ4n) is 4.46. The molecule has 4 heterocycles. The summed E-state index contributed by atoms with van der Waals surface area (Å²) < 4.78 is 5.98. The number of allylic oxidation sites excluding steroid dienone is 2. The van der Waals surface area contributed by atoms with Crippen LogP contribution in [0.1, 0.15) is 29.5 Å². The Kier molecular flexibility index (Phi) is 4.13. The number of nitrogens with zero attached hydrogens (tertiary/aromatic N) is 2. The molecule has 0 N–H and O–H groups in total. The summed E-state index contributed by atoms with van der Waals surface area (Å²) in [7, 11) is 0. The molecule has 4 heteroatoms. The van der Waals surface area contributed by atoms with Gasteiger partial charge in [-0.2, -0.15) is 0 Å². The normalized spacial score (nSPS) is 27.3. The highest BCUT2D eigenvalue weighted by Gasteiger charge is 2.37. The molecule has 6 rings (SSSR count). The number of aromatic nitrogens is 1. The molecular formula is C23H22N2O2.